The second kappa shape index (κ2) is 24.6. The van der Waals surface area contributed by atoms with Gasteiger partial charge in [-0.25, -0.2) is 13.1 Å². The molecule has 60 heavy (non-hydrogen) atoms. The fourth-order valence-corrected chi connectivity index (χ4v) is 8.32. The van der Waals surface area contributed by atoms with Crippen LogP contribution in [0.25, 0.3) is 11.1 Å². The summed E-state index contributed by atoms with van der Waals surface area (Å²) in [6.07, 6.45) is 9.50. The van der Waals surface area contributed by atoms with Crippen LogP contribution in [0.1, 0.15) is 115 Å². The quantitative estimate of drug-likeness (QED) is 0.0755. The van der Waals surface area contributed by atoms with Crippen molar-refractivity contribution in [1.82, 2.24) is 30.9 Å². The Morgan fingerprint density at radius 3 is 2.18 bits per heavy atom. The molecule has 334 valence electrons. The van der Waals surface area contributed by atoms with Gasteiger partial charge in [-0.1, -0.05) is 64.0 Å². The highest BCUT2D eigenvalue weighted by Crippen LogP contribution is 2.39. The lowest BCUT2D eigenvalue weighted by molar-refractivity contribution is -0.141. The molecule has 9 N–H and O–H groups in total. The number of carbonyl (C=O) groups is 5. The highest BCUT2D eigenvalue weighted by molar-refractivity contribution is 7.89. The van der Waals surface area contributed by atoms with Crippen molar-refractivity contribution in [2.45, 2.75) is 135 Å². The number of amides is 4. The highest BCUT2D eigenvalue weighted by atomic mass is 32.2. The van der Waals surface area contributed by atoms with E-state index in [2.05, 4.69) is 32.9 Å². The highest BCUT2D eigenvalue weighted by Gasteiger charge is 2.36. The summed E-state index contributed by atoms with van der Waals surface area (Å²) in [5, 5.41) is 33.2. The maximum absolute atomic E-state index is 14.4. The number of fused-ring (bicyclic) bond motifs is 5. The van der Waals surface area contributed by atoms with E-state index in [0.29, 0.717) is 37.9 Å². The number of sulfonamides is 1. The average molecular weight is 858 g/mol. The molecule has 5 atom stereocenters. The van der Waals surface area contributed by atoms with Crippen molar-refractivity contribution < 1.29 is 42.6 Å². The smallest absolute Gasteiger partial charge is 0.248 e. The van der Waals surface area contributed by atoms with E-state index in [1.54, 1.807) is 6.07 Å². The van der Waals surface area contributed by atoms with Gasteiger partial charge in [0, 0.05) is 24.6 Å². The molecule has 0 saturated heterocycles. The Morgan fingerprint density at radius 2 is 1.52 bits per heavy atom. The van der Waals surface area contributed by atoms with E-state index in [9.17, 15) is 42.6 Å². The van der Waals surface area contributed by atoms with Crippen molar-refractivity contribution >= 4 is 39.4 Å². The SMILES string of the molecule is CCCCCCCCCNCCCS(=O)(=O)NC(CCCCN)C(=O)N(C)C1C(=O)NC(C)C(=O)NC(C(=O)NC(C)C(C)=O)Cc2ccc(O)c(c2)-c2cc1ccc2O. The number of nitrogens with one attached hydrogen (secondary N) is 5. The van der Waals surface area contributed by atoms with Crippen LogP contribution in [0.4, 0.5) is 0 Å². The lowest BCUT2D eigenvalue weighted by atomic mass is 9.93. The fraction of sp³-hybridized carbons (Fsp3) is 0.605. The maximum Gasteiger partial charge on any atom is 0.248 e. The van der Waals surface area contributed by atoms with Gasteiger partial charge in [-0.15, -0.1) is 0 Å². The number of carbonyl (C=O) groups excluding carboxylic acids is 5. The van der Waals surface area contributed by atoms with Gasteiger partial charge >= 0.3 is 0 Å². The third kappa shape index (κ3) is 15.5. The van der Waals surface area contributed by atoms with Gasteiger partial charge < -0.3 is 42.1 Å². The van der Waals surface area contributed by atoms with Gasteiger partial charge in [0.2, 0.25) is 33.7 Å². The molecule has 4 bridgehead atoms. The molecular formula is C43H67N7O9S. The van der Waals surface area contributed by atoms with Crippen LogP contribution < -0.4 is 31.7 Å². The molecule has 1 heterocycles. The first kappa shape index (κ1) is 49.8. The minimum atomic E-state index is -3.96. The van der Waals surface area contributed by atoms with Gasteiger partial charge in [0.1, 0.15) is 35.7 Å². The molecule has 0 spiro atoms. The normalized spacial score (nSPS) is 18.1. The summed E-state index contributed by atoms with van der Waals surface area (Å²) in [7, 11) is -2.61. The van der Waals surface area contributed by atoms with Crippen LogP contribution in [0.5, 0.6) is 11.5 Å². The van der Waals surface area contributed by atoms with Crippen molar-refractivity contribution in [2.24, 2.45) is 5.73 Å². The van der Waals surface area contributed by atoms with Crippen molar-refractivity contribution in [1.29, 1.82) is 0 Å². The zero-order chi connectivity index (χ0) is 44.4. The molecular weight excluding hydrogens is 791 g/mol. The summed E-state index contributed by atoms with van der Waals surface area (Å²) in [4.78, 5) is 68.7. The summed E-state index contributed by atoms with van der Waals surface area (Å²) in [6.45, 7) is 8.00. The van der Waals surface area contributed by atoms with Crippen LogP contribution in [0.2, 0.25) is 0 Å². The molecule has 3 rings (SSSR count). The van der Waals surface area contributed by atoms with E-state index in [0.717, 1.165) is 24.3 Å². The molecule has 0 aliphatic carbocycles. The fourth-order valence-electron chi connectivity index (χ4n) is 7.03. The number of Topliss-reactive ketones (excluding diaryl/α,β-unsaturated/α-hetero) is 1. The number of aromatic hydroxyl groups is 2. The molecule has 0 aromatic heterocycles. The first-order chi connectivity index (χ1) is 28.5. The topological polar surface area (TPSA) is 249 Å². The summed E-state index contributed by atoms with van der Waals surface area (Å²) in [5.41, 5.74) is 6.65. The second-order valence-corrected chi connectivity index (χ2v) is 17.7. The molecule has 16 nitrogen and oxygen atoms in total. The summed E-state index contributed by atoms with van der Waals surface area (Å²) in [6, 6.07) is 2.57. The van der Waals surface area contributed by atoms with Gasteiger partial charge in [-0.2, -0.15) is 0 Å². The Hall–Kier alpha value is -4.58. The number of rotatable bonds is 23. The molecule has 4 amide bonds. The van der Waals surface area contributed by atoms with Crippen molar-refractivity contribution in [3.63, 3.8) is 0 Å². The number of benzene rings is 2. The Balaban J connectivity index is 1.92. The standard InChI is InChI=1S/C43H67N7O9S/c1-6-7-8-9-10-11-14-22-45-23-15-24-60(58,59)49-35(16-12-13-21-44)43(57)50(5)39-32-18-20-38(53)34(27-32)33-25-31(17-19-37(33)52)26-36(41(55)46-28(2)30(4)51)48-40(54)29(3)47-42(39)56/h17-20,25,27-29,35-36,39,45,49,52-53H,6-16,21-24,26,44H2,1-5H3,(H,46,55)(H,47,56)(H,48,54). The molecule has 2 aromatic rings. The predicted molar refractivity (Wildman–Crippen MR) is 231 cm³/mol. The van der Waals surface area contributed by atoms with E-state index in [-0.39, 0.29) is 52.6 Å². The first-order valence-corrected chi connectivity index (χ1v) is 22.9. The predicted octanol–water partition coefficient (Wildman–Crippen LogP) is 3.05. The van der Waals surface area contributed by atoms with Gasteiger partial charge in [-0.05, 0) is 101 Å². The van der Waals surface area contributed by atoms with E-state index in [4.69, 9.17) is 5.73 Å². The van der Waals surface area contributed by atoms with Crippen molar-refractivity contribution in [2.75, 3.05) is 32.4 Å². The summed E-state index contributed by atoms with van der Waals surface area (Å²) in [5.74, 6) is -3.98. The number of ketones is 1. The first-order valence-electron chi connectivity index (χ1n) is 21.2. The van der Waals surface area contributed by atoms with Crippen molar-refractivity contribution in [3.05, 3.63) is 47.5 Å². The largest absolute Gasteiger partial charge is 0.507 e. The molecule has 17 heteroatoms. The Bertz CT molecular complexity index is 1880. The third-order valence-corrected chi connectivity index (χ3v) is 12.2. The number of hydrogen-bond donors (Lipinski definition) is 8. The molecule has 1 aliphatic heterocycles. The minimum absolute atomic E-state index is 0.0757. The van der Waals surface area contributed by atoms with Gasteiger partial charge in [0.05, 0.1) is 11.8 Å². The number of unbranched alkanes of at least 4 members (excludes halogenated alkanes) is 7. The van der Waals surface area contributed by atoms with Crippen LogP contribution in [0, 0.1) is 0 Å². The van der Waals surface area contributed by atoms with Crippen LogP contribution in [-0.2, 0) is 40.4 Å². The zero-order valence-electron chi connectivity index (χ0n) is 35.8. The van der Waals surface area contributed by atoms with Crippen LogP contribution in [-0.4, -0.2) is 110 Å². The van der Waals surface area contributed by atoms with E-state index < -0.39 is 63.9 Å². The monoisotopic (exact) mass is 857 g/mol. The molecule has 0 fully saturated rings. The number of likely N-dealkylation sites (N-methyl/N-ethyl adjacent to an activating group) is 1. The molecule has 2 aromatic carbocycles. The Morgan fingerprint density at radius 1 is 0.883 bits per heavy atom. The Kier molecular flexibility index (Phi) is 20.4. The molecule has 0 saturated carbocycles. The maximum atomic E-state index is 14.4. The molecule has 5 unspecified atom stereocenters. The molecule has 1 aliphatic rings. The number of phenols is 2. The molecule has 0 radical (unpaired) electrons. The second-order valence-electron chi connectivity index (χ2n) is 15.8. The zero-order valence-corrected chi connectivity index (χ0v) is 36.7. The van der Waals surface area contributed by atoms with Crippen LogP contribution in [0.3, 0.4) is 0 Å². The van der Waals surface area contributed by atoms with Gasteiger partial charge in [-0.3, -0.25) is 24.0 Å². The Labute approximate surface area is 355 Å². The van der Waals surface area contributed by atoms with E-state index >= 15 is 0 Å². The van der Waals surface area contributed by atoms with E-state index in [1.165, 1.54) is 90.3 Å². The number of nitrogens with two attached hydrogens (primary N) is 1. The lowest BCUT2D eigenvalue weighted by Crippen LogP contribution is -2.56. The lowest BCUT2D eigenvalue weighted by Gasteiger charge is -2.32. The summed E-state index contributed by atoms with van der Waals surface area (Å²) >= 11 is 0. The average Bonchev–Trinajstić information content (AvgIpc) is 3.19. The number of nitrogens with zero attached hydrogens (tertiary/aromatic N) is 1. The van der Waals surface area contributed by atoms with E-state index in [1.807, 2.05) is 0 Å². The van der Waals surface area contributed by atoms with Crippen molar-refractivity contribution in [3.8, 4) is 22.6 Å². The number of phenolic OH excluding ortho intramolecular Hbond substituents is 2. The van der Waals surface area contributed by atoms with Crippen LogP contribution >= 0.6 is 0 Å². The van der Waals surface area contributed by atoms with Crippen LogP contribution in [0.15, 0.2) is 36.4 Å². The van der Waals surface area contributed by atoms with Gasteiger partial charge in [0.25, 0.3) is 0 Å². The number of hydrogen-bond acceptors (Lipinski definition) is 11. The third-order valence-electron chi connectivity index (χ3n) is 10.8. The summed E-state index contributed by atoms with van der Waals surface area (Å²) < 4.78 is 29.4. The van der Waals surface area contributed by atoms with Gasteiger partial charge in [0.15, 0.2) is 5.78 Å². The minimum Gasteiger partial charge on any atom is -0.507 e.